The molecule has 4 nitrogen and oxygen atoms in total. The van der Waals surface area contributed by atoms with E-state index in [4.69, 9.17) is 0 Å². The number of hydrogen-bond acceptors (Lipinski definition) is 4. The zero-order valence-electron chi connectivity index (χ0n) is 15.2. The largest absolute Gasteiger partial charge is 0.301 e. The number of carbonyl (C=O) groups excluding carboxylic acids is 1. The minimum atomic E-state index is -0.160. The van der Waals surface area contributed by atoms with Gasteiger partial charge in [0.15, 0.2) is 0 Å². The third-order valence-electron chi connectivity index (χ3n) is 4.53. The van der Waals surface area contributed by atoms with Crippen LogP contribution in [0.4, 0.5) is 0 Å². The Kier molecular flexibility index (Phi) is 4.77. The minimum absolute atomic E-state index is 0.135. The van der Waals surface area contributed by atoms with Crippen molar-refractivity contribution in [1.29, 1.82) is 0 Å². The van der Waals surface area contributed by atoms with Gasteiger partial charge in [0.25, 0.3) is 0 Å². The van der Waals surface area contributed by atoms with Crippen molar-refractivity contribution in [3.8, 4) is 16.8 Å². The monoisotopic (exact) mass is 373 g/mol. The summed E-state index contributed by atoms with van der Waals surface area (Å²) in [6, 6.07) is 20.4. The van der Waals surface area contributed by atoms with Crippen molar-refractivity contribution in [2.75, 3.05) is 0 Å². The number of rotatable bonds is 5. The first-order valence-corrected chi connectivity index (χ1v) is 9.67. The molecule has 0 N–H and O–H groups in total. The van der Waals surface area contributed by atoms with Crippen LogP contribution in [-0.4, -0.2) is 25.6 Å². The average molecular weight is 373 g/mol. The number of ketones is 1. The normalized spacial score (nSPS) is 12.2. The van der Waals surface area contributed by atoms with Crippen LogP contribution in [0.1, 0.15) is 13.8 Å². The Bertz CT molecular complexity index is 1090. The summed E-state index contributed by atoms with van der Waals surface area (Å²) >= 11 is 1.48. The van der Waals surface area contributed by atoms with Crippen LogP contribution in [0.3, 0.4) is 0 Å². The van der Waals surface area contributed by atoms with E-state index in [0.29, 0.717) is 0 Å². The summed E-state index contributed by atoms with van der Waals surface area (Å²) in [6.07, 6.45) is 3.68. The molecule has 0 spiro atoms. The number of thioether (sulfide) groups is 1. The number of benzene rings is 2. The molecule has 0 aliphatic carbocycles. The predicted octanol–water partition coefficient (Wildman–Crippen LogP) is 5.16. The highest BCUT2D eigenvalue weighted by Gasteiger charge is 2.20. The van der Waals surface area contributed by atoms with Gasteiger partial charge in [-0.15, -0.1) is 0 Å². The van der Waals surface area contributed by atoms with Crippen molar-refractivity contribution in [3.63, 3.8) is 0 Å². The molecule has 2 aromatic heterocycles. The summed E-state index contributed by atoms with van der Waals surface area (Å²) < 4.78 is 2.09. The number of carbonyl (C=O) groups is 1. The first kappa shape index (κ1) is 17.5. The molecule has 2 heterocycles. The second-order valence-electron chi connectivity index (χ2n) is 6.36. The van der Waals surface area contributed by atoms with Gasteiger partial charge >= 0.3 is 0 Å². The fraction of sp³-hybridized carbons (Fsp3) is 0.136. The molecule has 1 unspecified atom stereocenters. The van der Waals surface area contributed by atoms with E-state index in [1.54, 1.807) is 13.3 Å². The van der Waals surface area contributed by atoms with Gasteiger partial charge in [0.1, 0.15) is 22.8 Å². The molecule has 5 heteroatoms. The lowest BCUT2D eigenvalue weighted by atomic mass is 10.1. The van der Waals surface area contributed by atoms with Crippen LogP contribution in [0, 0.1) is 0 Å². The Labute approximate surface area is 162 Å². The van der Waals surface area contributed by atoms with Crippen molar-refractivity contribution >= 4 is 28.6 Å². The summed E-state index contributed by atoms with van der Waals surface area (Å²) in [6.45, 7) is 3.53. The molecule has 0 bridgehead atoms. The molecule has 4 aromatic rings. The van der Waals surface area contributed by atoms with Crippen molar-refractivity contribution < 1.29 is 4.79 Å². The number of Topliss-reactive ketones (excluding diaryl/α,β-unsaturated/α-hetero) is 1. The molecule has 0 radical (unpaired) electrons. The Hall–Kier alpha value is -2.92. The van der Waals surface area contributed by atoms with E-state index in [2.05, 4.69) is 45.0 Å². The van der Waals surface area contributed by atoms with Crippen LogP contribution in [0.25, 0.3) is 27.8 Å². The molecule has 0 saturated heterocycles. The summed E-state index contributed by atoms with van der Waals surface area (Å²) in [7, 11) is 0. The summed E-state index contributed by atoms with van der Waals surface area (Å²) in [4.78, 5) is 20.9. The molecule has 0 fully saturated rings. The van der Waals surface area contributed by atoms with E-state index in [1.165, 1.54) is 11.8 Å². The van der Waals surface area contributed by atoms with E-state index < -0.39 is 0 Å². The molecule has 0 aliphatic heterocycles. The fourth-order valence-electron chi connectivity index (χ4n) is 3.00. The number of nitrogens with zero attached hydrogens (tertiary/aromatic N) is 3. The van der Waals surface area contributed by atoms with Gasteiger partial charge in [-0.2, -0.15) is 0 Å². The predicted molar refractivity (Wildman–Crippen MR) is 110 cm³/mol. The number of fused-ring (bicyclic) bond motifs is 1. The van der Waals surface area contributed by atoms with Crippen LogP contribution in [0.15, 0.2) is 78.2 Å². The van der Waals surface area contributed by atoms with Gasteiger partial charge in [-0.05, 0) is 31.5 Å². The van der Waals surface area contributed by atoms with E-state index in [0.717, 1.165) is 32.9 Å². The highest BCUT2D eigenvalue weighted by atomic mass is 32.2. The molecule has 134 valence electrons. The van der Waals surface area contributed by atoms with Crippen molar-refractivity contribution in [2.45, 2.75) is 24.1 Å². The quantitative estimate of drug-likeness (QED) is 0.358. The Morgan fingerprint density at radius 3 is 2.33 bits per heavy atom. The minimum Gasteiger partial charge on any atom is -0.301 e. The van der Waals surface area contributed by atoms with Gasteiger partial charge in [0.05, 0.1) is 10.6 Å². The number of aromatic nitrogens is 3. The number of para-hydroxylation sites is 1. The number of hydrogen-bond donors (Lipinski definition) is 0. The molecule has 0 saturated carbocycles. The van der Waals surface area contributed by atoms with Crippen molar-refractivity contribution in [1.82, 2.24) is 14.5 Å². The second kappa shape index (κ2) is 7.37. The average Bonchev–Trinajstić information content (AvgIpc) is 3.10. The molecule has 4 rings (SSSR count). The summed E-state index contributed by atoms with van der Waals surface area (Å²) in [5.74, 6) is 0.135. The molecular weight excluding hydrogens is 354 g/mol. The van der Waals surface area contributed by atoms with Gasteiger partial charge in [-0.25, -0.2) is 9.97 Å². The Morgan fingerprint density at radius 1 is 1.00 bits per heavy atom. The van der Waals surface area contributed by atoms with Crippen LogP contribution in [-0.2, 0) is 4.79 Å². The van der Waals surface area contributed by atoms with Crippen LogP contribution < -0.4 is 0 Å². The lowest BCUT2D eigenvalue weighted by Crippen LogP contribution is -2.08. The standard InChI is InChI=1S/C22H19N3OS/c1-15(26)16(2)27-22-20-19(17-9-5-3-6-10-17)13-25(21(20)23-14-24-22)18-11-7-4-8-12-18/h3-14,16H,1-2H3. The lowest BCUT2D eigenvalue weighted by molar-refractivity contribution is -0.116. The lowest BCUT2D eigenvalue weighted by Gasteiger charge is -2.09. The Morgan fingerprint density at radius 2 is 1.67 bits per heavy atom. The smallest absolute Gasteiger partial charge is 0.149 e. The Balaban J connectivity index is 1.98. The third kappa shape index (κ3) is 3.38. The maximum atomic E-state index is 11.8. The highest BCUT2D eigenvalue weighted by molar-refractivity contribution is 8.00. The van der Waals surface area contributed by atoms with E-state index in [-0.39, 0.29) is 11.0 Å². The first-order valence-electron chi connectivity index (χ1n) is 8.79. The molecule has 1 atom stereocenters. The maximum Gasteiger partial charge on any atom is 0.149 e. The SMILES string of the molecule is CC(=O)C(C)Sc1ncnc2c1c(-c1ccccc1)cn2-c1ccccc1. The van der Waals surface area contributed by atoms with Gasteiger partial charge in [0, 0.05) is 17.4 Å². The van der Waals surface area contributed by atoms with E-state index >= 15 is 0 Å². The van der Waals surface area contributed by atoms with E-state index in [9.17, 15) is 4.79 Å². The van der Waals surface area contributed by atoms with Gasteiger partial charge in [-0.1, -0.05) is 60.3 Å². The first-order chi connectivity index (χ1) is 13.1. The summed E-state index contributed by atoms with van der Waals surface area (Å²) in [5, 5.41) is 1.65. The zero-order valence-corrected chi connectivity index (χ0v) is 16.0. The van der Waals surface area contributed by atoms with E-state index in [1.807, 2.05) is 43.3 Å². The fourth-order valence-corrected chi connectivity index (χ4v) is 3.92. The van der Waals surface area contributed by atoms with Gasteiger partial charge in [0.2, 0.25) is 0 Å². The van der Waals surface area contributed by atoms with Crippen molar-refractivity contribution in [3.05, 3.63) is 73.2 Å². The van der Waals surface area contributed by atoms with Gasteiger partial charge in [-0.3, -0.25) is 4.79 Å². The second-order valence-corrected chi connectivity index (χ2v) is 7.69. The highest BCUT2D eigenvalue weighted by Crippen LogP contribution is 2.37. The van der Waals surface area contributed by atoms with Crippen LogP contribution >= 0.6 is 11.8 Å². The molecule has 2 aromatic carbocycles. The van der Waals surface area contributed by atoms with Crippen LogP contribution in [0.5, 0.6) is 0 Å². The zero-order chi connectivity index (χ0) is 18.8. The molecule has 0 amide bonds. The maximum absolute atomic E-state index is 11.8. The summed E-state index contributed by atoms with van der Waals surface area (Å²) in [5.41, 5.74) is 4.05. The molecule has 0 aliphatic rings. The van der Waals surface area contributed by atoms with Crippen molar-refractivity contribution in [2.24, 2.45) is 0 Å². The third-order valence-corrected chi connectivity index (χ3v) is 5.75. The van der Waals surface area contributed by atoms with Crippen LogP contribution in [0.2, 0.25) is 0 Å². The topological polar surface area (TPSA) is 47.8 Å². The van der Waals surface area contributed by atoms with Gasteiger partial charge < -0.3 is 4.57 Å². The molecule has 27 heavy (non-hydrogen) atoms. The molecular formula is C22H19N3OS.